The predicted molar refractivity (Wildman–Crippen MR) is 51.3 cm³/mol. The van der Waals surface area contributed by atoms with Gasteiger partial charge in [0.05, 0.1) is 10.5 Å². The van der Waals surface area contributed by atoms with Crippen LogP contribution in [-0.4, -0.2) is 12.7 Å². The third-order valence-corrected chi connectivity index (χ3v) is 2.63. The molecule has 1 aromatic carbocycles. The van der Waals surface area contributed by atoms with Gasteiger partial charge in [-0.15, -0.1) is 0 Å². The molecule has 0 aromatic heterocycles. The van der Waals surface area contributed by atoms with Crippen molar-refractivity contribution in [3.05, 3.63) is 34.1 Å². The maximum Gasteiger partial charge on any atom is 0.407 e. The zero-order valence-electron chi connectivity index (χ0n) is 7.09. The molecule has 1 saturated heterocycles. The maximum atomic E-state index is 12.9. The molecular formula is C9H7BrFNO2. The quantitative estimate of drug-likeness (QED) is 0.841. The van der Waals surface area contributed by atoms with Gasteiger partial charge in [0.2, 0.25) is 0 Å². The van der Waals surface area contributed by atoms with E-state index in [0.717, 1.165) is 5.56 Å². The normalized spacial score (nSPS) is 20.4. The van der Waals surface area contributed by atoms with E-state index in [2.05, 4.69) is 21.2 Å². The van der Waals surface area contributed by atoms with Crippen LogP contribution in [0.1, 0.15) is 11.6 Å². The third-order valence-electron chi connectivity index (χ3n) is 2.02. The molecule has 14 heavy (non-hydrogen) atoms. The first-order chi connectivity index (χ1) is 6.66. The van der Waals surface area contributed by atoms with Crippen LogP contribution in [0.25, 0.3) is 0 Å². The number of benzene rings is 1. The van der Waals surface area contributed by atoms with E-state index >= 15 is 0 Å². The predicted octanol–water partition coefficient (Wildman–Crippen LogP) is 2.37. The molecule has 3 nitrogen and oxygen atoms in total. The van der Waals surface area contributed by atoms with Crippen molar-refractivity contribution < 1.29 is 13.9 Å². The lowest BCUT2D eigenvalue weighted by atomic mass is 10.1. The third kappa shape index (κ3) is 1.72. The van der Waals surface area contributed by atoms with Crippen LogP contribution in [0.2, 0.25) is 0 Å². The molecule has 0 unspecified atom stereocenters. The molecule has 1 amide bonds. The number of nitrogens with one attached hydrogen (secondary N) is 1. The second kappa shape index (κ2) is 3.57. The van der Waals surface area contributed by atoms with Crippen LogP contribution in [0, 0.1) is 5.82 Å². The SMILES string of the molecule is O=C1N[C@H](c2ccc(F)c(Br)c2)CO1. The molecule has 1 heterocycles. The minimum Gasteiger partial charge on any atom is -0.447 e. The first-order valence-corrected chi connectivity index (χ1v) is 4.84. The van der Waals surface area contributed by atoms with Crippen LogP contribution in [-0.2, 0) is 4.74 Å². The number of carbonyl (C=O) groups excluding carboxylic acids is 1. The van der Waals surface area contributed by atoms with Gasteiger partial charge in [0.1, 0.15) is 12.4 Å². The highest BCUT2D eigenvalue weighted by Crippen LogP contribution is 2.23. The van der Waals surface area contributed by atoms with Crippen molar-refractivity contribution in [3.63, 3.8) is 0 Å². The van der Waals surface area contributed by atoms with Crippen molar-refractivity contribution in [1.29, 1.82) is 0 Å². The summed E-state index contributed by atoms with van der Waals surface area (Å²) in [5.41, 5.74) is 0.823. The smallest absolute Gasteiger partial charge is 0.407 e. The average molecular weight is 260 g/mol. The molecule has 0 saturated carbocycles. The number of rotatable bonds is 1. The van der Waals surface area contributed by atoms with E-state index in [1.54, 1.807) is 12.1 Å². The molecular weight excluding hydrogens is 253 g/mol. The van der Waals surface area contributed by atoms with Gasteiger partial charge in [0.25, 0.3) is 0 Å². The van der Waals surface area contributed by atoms with Crippen molar-refractivity contribution in [1.82, 2.24) is 5.32 Å². The fourth-order valence-electron chi connectivity index (χ4n) is 1.29. The molecule has 0 bridgehead atoms. The monoisotopic (exact) mass is 259 g/mol. The number of cyclic esters (lactones) is 1. The minimum absolute atomic E-state index is 0.181. The number of hydrogen-bond acceptors (Lipinski definition) is 2. The van der Waals surface area contributed by atoms with Gasteiger partial charge < -0.3 is 10.1 Å². The largest absolute Gasteiger partial charge is 0.447 e. The number of alkyl carbamates (subject to hydrolysis) is 1. The first-order valence-electron chi connectivity index (χ1n) is 4.05. The Morgan fingerprint density at radius 1 is 1.57 bits per heavy atom. The summed E-state index contributed by atoms with van der Waals surface area (Å²) in [6.07, 6.45) is -0.435. The van der Waals surface area contributed by atoms with E-state index in [4.69, 9.17) is 4.74 Å². The highest BCUT2D eigenvalue weighted by Gasteiger charge is 2.23. The Hall–Kier alpha value is -1.10. The number of carbonyl (C=O) groups is 1. The van der Waals surface area contributed by atoms with Gasteiger partial charge in [-0.2, -0.15) is 0 Å². The fourth-order valence-corrected chi connectivity index (χ4v) is 1.69. The van der Waals surface area contributed by atoms with E-state index in [0.29, 0.717) is 4.47 Å². The van der Waals surface area contributed by atoms with Crippen LogP contribution >= 0.6 is 15.9 Å². The first kappa shape index (κ1) is 9.45. The van der Waals surface area contributed by atoms with E-state index in [1.807, 2.05) is 0 Å². The van der Waals surface area contributed by atoms with Crippen molar-refractivity contribution in [2.45, 2.75) is 6.04 Å². The molecule has 5 heteroatoms. The van der Waals surface area contributed by atoms with Crippen LogP contribution in [0.15, 0.2) is 22.7 Å². The second-order valence-electron chi connectivity index (χ2n) is 2.97. The fraction of sp³-hybridized carbons (Fsp3) is 0.222. The molecule has 1 aliphatic heterocycles. The Balaban J connectivity index is 2.24. The highest BCUT2D eigenvalue weighted by molar-refractivity contribution is 9.10. The van der Waals surface area contributed by atoms with E-state index in [9.17, 15) is 9.18 Å². The minimum atomic E-state index is -0.435. The molecule has 1 atom stereocenters. The van der Waals surface area contributed by atoms with E-state index in [-0.39, 0.29) is 18.5 Å². The standard InChI is InChI=1S/C9H7BrFNO2/c10-6-3-5(1-2-7(6)11)8-4-14-9(13)12-8/h1-3,8H,4H2,(H,12,13)/t8-/m0/s1. The number of amides is 1. The molecule has 1 aromatic rings. The lowest BCUT2D eigenvalue weighted by Crippen LogP contribution is -2.18. The summed E-state index contributed by atoms with van der Waals surface area (Å²) in [6, 6.07) is 4.43. The van der Waals surface area contributed by atoms with E-state index in [1.165, 1.54) is 6.07 Å². The van der Waals surface area contributed by atoms with Gasteiger partial charge in [-0.1, -0.05) is 6.07 Å². The summed E-state index contributed by atoms with van der Waals surface area (Å²) in [5.74, 6) is -0.320. The summed E-state index contributed by atoms with van der Waals surface area (Å²) in [4.78, 5) is 10.8. The lowest BCUT2D eigenvalue weighted by Gasteiger charge is -2.07. The van der Waals surface area contributed by atoms with Crippen molar-refractivity contribution >= 4 is 22.0 Å². The number of halogens is 2. The van der Waals surface area contributed by atoms with Crippen LogP contribution in [0.4, 0.5) is 9.18 Å². The maximum absolute atomic E-state index is 12.9. The Morgan fingerprint density at radius 2 is 2.36 bits per heavy atom. The number of ether oxygens (including phenoxy) is 1. The molecule has 2 rings (SSSR count). The Labute approximate surface area is 88.4 Å². The highest BCUT2D eigenvalue weighted by atomic mass is 79.9. The summed E-state index contributed by atoms with van der Waals surface area (Å²) < 4.78 is 18.0. The van der Waals surface area contributed by atoms with Crippen molar-refractivity contribution in [2.24, 2.45) is 0 Å². The van der Waals surface area contributed by atoms with Crippen LogP contribution in [0.3, 0.4) is 0 Å². The molecule has 1 fully saturated rings. The Bertz CT molecular complexity index is 383. The zero-order chi connectivity index (χ0) is 10.1. The van der Waals surface area contributed by atoms with Gasteiger partial charge in [0.15, 0.2) is 0 Å². The average Bonchev–Trinajstić information content (AvgIpc) is 2.57. The van der Waals surface area contributed by atoms with Gasteiger partial charge in [-0.3, -0.25) is 0 Å². The van der Waals surface area contributed by atoms with Crippen LogP contribution < -0.4 is 5.32 Å². The van der Waals surface area contributed by atoms with Crippen molar-refractivity contribution in [3.8, 4) is 0 Å². The van der Waals surface area contributed by atoms with Crippen LogP contribution in [0.5, 0.6) is 0 Å². The second-order valence-corrected chi connectivity index (χ2v) is 3.82. The summed E-state index contributed by atoms with van der Waals surface area (Å²) in [7, 11) is 0. The van der Waals surface area contributed by atoms with Gasteiger partial charge in [-0.05, 0) is 33.6 Å². The topological polar surface area (TPSA) is 38.3 Å². The Kier molecular flexibility index (Phi) is 2.41. The summed E-state index contributed by atoms with van der Waals surface area (Å²) in [6.45, 7) is 0.289. The lowest BCUT2D eigenvalue weighted by molar-refractivity contribution is 0.177. The Morgan fingerprint density at radius 3 is 2.93 bits per heavy atom. The molecule has 0 spiro atoms. The van der Waals surface area contributed by atoms with Gasteiger partial charge in [0, 0.05) is 0 Å². The van der Waals surface area contributed by atoms with Crippen molar-refractivity contribution in [2.75, 3.05) is 6.61 Å². The summed E-state index contributed by atoms with van der Waals surface area (Å²) >= 11 is 3.08. The molecule has 1 aliphatic rings. The number of hydrogen-bond donors (Lipinski definition) is 1. The molecule has 1 N–H and O–H groups in total. The van der Waals surface area contributed by atoms with Gasteiger partial charge in [-0.25, -0.2) is 9.18 Å². The molecule has 0 radical (unpaired) electrons. The summed E-state index contributed by atoms with van der Waals surface area (Å²) in [5, 5.41) is 2.61. The van der Waals surface area contributed by atoms with Gasteiger partial charge >= 0.3 is 6.09 Å². The van der Waals surface area contributed by atoms with E-state index < -0.39 is 6.09 Å². The molecule has 0 aliphatic carbocycles. The molecule has 74 valence electrons. The zero-order valence-corrected chi connectivity index (χ0v) is 8.67.